The van der Waals surface area contributed by atoms with E-state index >= 15 is 0 Å². The van der Waals surface area contributed by atoms with Gasteiger partial charge in [-0.2, -0.15) is 0 Å². The third-order valence-corrected chi connectivity index (χ3v) is 4.47. The topological polar surface area (TPSA) is 72.2 Å². The molecule has 3 N–H and O–H groups in total. The molecule has 2 aromatic rings. The van der Waals surface area contributed by atoms with Crippen molar-refractivity contribution in [1.82, 2.24) is 0 Å². The summed E-state index contributed by atoms with van der Waals surface area (Å²) < 4.78 is 27.3. The van der Waals surface area contributed by atoms with Crippen molar-refractivity contribution in [2.24, 2.45) is 0 Å². The number of benzene rings is 2. The van der Waals surface area contributed by atoms with E-state index in [0.29, 0.717) is 16.9 Å². The molecule has 0 amide bonds. The lowest BCUT2D eigenvalue weighted by Crippen LogP contribution is -2.16. The molecule has 0 radical (unpaired) electrons. The number of hydrogen-bond donors (Lipinski definition) is 2. The molecule has 2 aromatic carbocycles. The summed E-state index contributed by atoms with van der Waals surface area (Å²) in [6.45, 7) is 5.79. The molecule has 21 heavy (non-hydrogen) atoms. The van der Waals surface area contributed by atoms with Crippen molar-refractivity contribution >= 4 is 21.4 Å². The highest BCUT2D eigenvalue weighted by atomic mass is 32.2. The minimum absolute atomic E-state index is 0.0925. The van der Waals surface area contributed by atoms with Crippen LogP contribution in [-0.4, -0.2) is 8.42 Å². The zero-order valence-electron chi connectivity index (χ0n) is 12.5. The number of rotatable bonds is 4. The summed E-state index contributed by atoms with van der Waals surface area (Å²) in [5.41, 5.74) is 10.5. The maximum atomic E-state index is 12.3. The minimum atomic E-state index is -3.47. The van der Waals surface area contributed by atoms with Gasteiger partial charge in [-0.3, -0.25) is 4.72 Å². The van der Waals surface area contributed by atoms with Gasteiger partial charge in [-0.1, -0.05) is 29.8 Å². The number of aryl methyl sites for hydroxylation is 3. The van der Waals surface area contributed by atoms with Crippen molar-refractivity contribution in [3.05, 3.63) is 58.7 Å². The highest BCUT2D eigenvalue weighted by Gasteiger charge is 2.15. The third-order valence-electron chi connectivity index (χ3n) is 3.24. The lowest BCUT2D eigenvalue weighted by atomic mass is 10.1. The summed E-state index contributed by atoms with van der Waals surface area (Å²) in [7, 11) is -3.47. The Morgan fingerprint density at radius 1 is 1.05 bits per heavy atom. The predicted octanol–water partition coefficient (Wildman–Crippen LogP) is 3.14. The second kappa shape index (κ2) is 5.77. The van der Waals surface area contributed by atoms with Gasteiger partial charge in [-0.25, -0.2) is 8.42 Å². The lowest BCUT2D eigenvalue weighted by molar-refractivity contribution is 0.600. The zero-order valence-corrected chi connectivity index (χ0v) is 13.3. The van der Waals surface area contributed by atoms with E-state index in [4.69, 9.17) is 5.73 Å². The van der Waals surface area contributed by atoms with Crippen LogP contribution in [0.4, 0.5) is 11.4 Å². The lowest BCUT2D eigenvalue weighted by Gasteiger charge is -2.14. The molecule has 0 saturated heterocycles. The molecule has 0 aromatic heterocycles. The van der Waals surface area contributed by atoms with Gasteiger partial charge < -0.3 is 5.73 Å². The first-order valence-corrected chi connectivity index (χ1v) is 8.35. The van der Waals surface area contributed by atoms with Crippen LogP contribution >= 0.6 is 0 Å². The Hall–Kier alpha value is -2.01. The molecule has 0 heterocycles. The van der Waals surface area contributed by atoms with E-state index in [0.717, 1.165) is 16.7 Å². The molecule has 0 unspecified atom stereocenters. The van der Waals surface area contributed by atoms with E-state index in [1.807, 2.05) is 32.9 Å². The summed E-state index contributed by atoms with van der Waals surface area (Å²) in [5.74, 6) is -0.0925. The van der Waals surface area contributed by atoms with Crippen LogP contribution in [0.3, 0.4) is 0 Å². The Bertz CT molecular complexity index is 745. The van der Waals surface area contributed by atoms with E-state index in [-0.39, 0.29) is 5.75 Å². The van der Waals surface area contributed by atoms with Crippen molar-refractivity contribution in [2.75, 3.05) is 10.5 Å². The van der Waals surface area contributed by atoms with Crippen LogP contribution in [0.15, 0.2) is 36.4 Å². The second-order valence-electron chi connectivity index (χ2n) is 5.38. The van der Waals surface area contributed by atoms with E-state index < -0.39 is 10.0 Å². The second-order valence-corrected chi connectivity index (χ2v) is 7.10. The molecule has 0 spiro atoms. The van der Waals surface area contributed by atoms with Gasteiger partial charge in [0, 0.05) is 5.69 Å². The molecule has 0 aliphatic heterocycles. The predicted molar refractivity (Wildman–Crippen MR) is 87.8 cm³/mol. The average molecular weight is 304 g/mol. The fraction of sp³-hybridized carbons (Fsp3) is 0.250. The Morgan fingerprint density at radius 2 is 1.67 bits per heavy atom. The fourth-order valence-corrected chi connectivity index (χ4v) is 3.76. The summed E-state index contributed by atoms with van der Waals surface area (Å²) in [6.07, 6.45) is 0. The minimum Gasteiger partial charge on any atom is -0.399 e. The molecule has 112 valence electrons. The Labute approximate surface area is 126 Å². The highest BCUT2D eigenvalue weighted by molar-refractivity contribution is 7.91. The van der Waals surface area contributed by atoms with Crippen molar-refractivity contribution in [3.8, 4) is 0 Å². The summed E-state index contributed by atoms with van der Waals surface area (Å²) >= 11 is 0. The van der Waals surface area contributed by atoms with Gasteiger partial charge in [-0.15, -0.1) is 0 Å². The van der Waals surface area contributed by atoms with Gasteiger partial charge >= 0.3 is 0 Å². The van der Waals surface area contributed by atoms with Crippen LogP contribution in [0.25, 0.3) is 0 Å². The van der Waals surface area contributed by atoms with E-state index in [9.17, 15) is 8.42 Å². The Balaban J connectivity index is 2.26. The maximum absolute atomic E-state index is 12.3. The molecule has 4 nitrogen and oxygen atoms in total. The van der Waals surface area contributed by atoms with Crippen molar-refractivity contribution in [1.29, 1.82) is 0 Å². The normalized spacial score (nSPS) is 11.4. The summed E-state index contributed by atoms with van der Waals surface area (Å²) in [6, 6.07) is 10.8. The van der Waals surface area contributed by atoms with Crippen molar-refractivity contribution in [3.63, 3.8) is 0 Å². The maximum Gasteiger partial charge on any atom is 0.236 e. The number of sulfonamides is 1. The SMILES string of the molecule is Cc1cc(C)c(NS(=O)(=O)Cc2cccc(N)c2)c(C)c1. The van der Waals surface area contributed by atoms with Gasteiger partial charge in [0.1, 0.15) is 0 Å². The van der Waals surface area contributed by atoms with Crippen LogP contribution in [0.5, 0.6) is 0 Å². The molecule has 0 aliphatic rings. The monoisotopic (exact) mass is 304 g/mol. The van der Waals surface area contributed by atoms with Crippen molar-refractivity contribution < 1.29 is 8.42 Å². The number of nitrogens with one attached hydrogen (secondary N) is 1. The molecular weight excluding hydrogens is 284 g/mol. The van der Waals surface area contributed by atoms with E-state index in [1.54, 1.807) is 24.3 Å². The molecule has 5 heteroatoms. The number of hydrogen-bond acceptors (Lipinski definition) is 3. The number of nitrogen functional groups attached to an aromatic ring is 1. The van der Waals surface area contributed by atoms with Crippen LogP contribution in [0.1, 0.15) is 22.3 Å². The standard InChI is InChI=1S/C16H20N2O2S/c1-11-7-12(2)16(13(3)8-11)18-21(19,20)10-14-5-4-6-15(17)9-14/h4-9,18H,10,17H2,1-3H3. The van der Waals surface area contributed by atoms with Crippen LogP contribution < -0.4 is 10.5 Å². The van der Waals surface area contributed by atoms with Gasteiger partial charge in [0.05, 0.1) is 11.4 Å². The third kappa shape index (κ3) is 3.98. The van der Waals surface area contributed by atoms with Gasteiger partial charge in [0.25, 0.3) is 0 Å². The highest BCUT2D eigenvalue weighted by Crippen LogP contribution is 2.24. The van der Waals surface area contributed by atoms with Gasteiger partial charge in [0.2, 0.25) is 10.0 Å². The first kappa shape index (κ1) is 15.4. The fourth-order valence-electron chi connectivity index (χ4n) is 2.43. The van der Waals surface area contributed by atoms with Crippen LogP contribution in [0.2, 0.25) is 0 Å². The smallest absolute Gasteiger partial charge is 0.236 e. The first-order valence-electron chi connectivity index (χ1n) is 6.69. The molecule has 2 rings (SSSR count). The Kier molecular flexibility index (Phi) is 4.23. The molecule has 0 bridgehead atoms. The van der Waals surface area contributed by atoms with Crippen LogP contribution in [0, 0.1) is 20.8 Å². The number of nitrogens with two attached hydrogens (primary N) is 1. The average Bonchev–Trinajstić information content (AvgIpc) is 2.33. The molecule has 0 fully saturated rings. The van der Waals surface area contributed by atoms with Gasteiger partial charge in [-0.05, 0) is 49.6 Å². The van der Waals surface area contributed by atoms with E-state index in [2.05, 4.69) is 4.72 Å². The Morgan fingerprint density at radius 3 is 2.24 bits per heavy atom. The van der Waals surface area contributed by atoms with Crippen molar-refractivity contribution in [2.45, 2.75) is 26.5 Å². The summed E-state index contributed by atoms with van der Waals surface area (Å²) in [4.78, 5) is 0. The quantitative estimate of drug-likeness (QED) is 0.852. The largest absolute Gasteiger partial charge is 0.399 e. The van der Waals surface area contributed by atoms with Gasteiger partial charge in [0.15, 0.2) is 0 Å². The summed E-state index contributed by atoms with van der Waals surface area (Å²) in [5, 5.41) is 0. The first-order chi connectivity index (χ1) is 9.77. The molecule has 0 aliphatic carbocycles. The zero-order chi connectivity index (χ0) is 15.6. The van der Waals surface area contributed by atoms with E-state index in [1.165, 1.54) is 0 Å². The molecular formula is C16H20N2O2S. The number of anilines is 2. The molecule has 0 atom stereocenters. The molecule has 0 saturated carbocycles. The van der Waals surface area contributed by atoms with Crippen LogP contribution in [-0.2, 0) is 15.8 Å².